The van der Waals surface area contributed by atoms with Crippen LogP contribution in [0, 0.1) is 11.3 Å². The number of benzene rings is 2. The third kappa shape index (κ3) is 2.36. The van der Waals surface area contributed by atoms with Crippen molar-refractivity contribution >= 4 is 11.8 Å². The Morgan fingerprint density at radius 2 is 2.00 bits per heavy atom. The van der Waals surface area contributed by atoms with Crippen LogP contribution in [0.1, 0.15) is 40.4 Å². The molecule has 5 rings (SSSR count). The summed E-state index contributed by atoms with van der Waals surface area (Å²) in [6, 6.07) is 18.4. The summed E-state index contributed by atoms with van der Waals surface area (Å²) in [6.07, 6.45) is 0.714. The molecule has 2 amide bonds. The molecule has 0 aromatic heterocycles. The number of amides is 2. The smallest absolute Gasteiger partial charge is 0.254 e. The lowest BCUT2D eigenvalue weighted by atomic mass is 10.1. The zero-order valence-corrected chi connectivity index (χ0v) is 15.2. The minimum absolute atomic E-state index is 0.0340. The van der Waals surface area contributed by atoms with Gasteiger partial charge in [-0.3, -0.25) is 9.59 Å². The second-order valence-electron chi connectivity index (χ2n) is 7.53. The Hall–Kier alpha value is -3.17. The molecule has 140 valence electrons. The van der Waals surface area contributed by atoms with Crippen molar-refractivity contribution < 1.29 is 14.3 Å². The van der Waals surface area contributed by atoms with Gasteiger partial charge in [0, 0.05) is 18.5 Å². The molecule has 0 N–H and O–H groups in total. The molecule has 3 fully saturated rings. The number of hydrogen-bond acceptors (Lipinski definition) is 4. The van der Waals surface area contributed by atoms with Gasteiger partial charge in [0.1, 0.15) is 6.10 Å². The van der Waals surface area contributed by atoms with Crippen molar-refractivity contribution in [1.82, 2.24) is 9.80 Å². The summed E-state index contributed by atoms with van der Waals surface area (Å²) < 4.78 is 6.47. The molecule has 0 aliphatic carbocycles. The number of ether oxygens (including phenoxy) is 1. The molecule has 3 aliphatic rings. The Balaban J connectivity index is 1.44. The number of carbonyl (C=O) groups excluding carboxylic acids is 2. The second kappa shape index (κ2) is 6.18. The molecule has 0 radical (unpaired) electrons. The second-order valence-corrected chi connectivity index (χ2v) is 7.53. The lowest BCUT2D eigenvalue weighted by Gasteiger charge is -2.32. The SMILES string of the molecule is N#Cc1cccc(C(=O)N2CC[C@@]34O[C@@H](c5ccccc5)CN3C(=O)C[C@@H]24)c1. The van der Waals surface area contributed by atoms with Gasteiger partial charge in [0.05, 0.1) is 30.6 Å². The summed E-state index contributed by atoms with van der Waals surface area (Å²) in [5.41, 5.74) is 1.23. The third-order valence-corrected chi connectivity index (χ3v) is 6.10. The predicted octanol–water partition coefficient (Wildman–Crippen LogP) is 2.47. The first kappa shape index (κ1) is 17.0. The molecule has 6 nitrogen and oxygen atoms in total. The molecule has 0 bridgehead atoms. The van der Waals surface area contributed by atoms with Crippen molar-refractivity contribution in [3.8, 4) is 6.07 Å². The predicted molar refractivity (Wildman–Crippen MR) is 99.9 cm³/mol. The van der Waals surface area contributed by atoms with Crippen LogP contribution in [-0.2, 0) is 9.53 Å². The standard InChI is InChI=1S/C22H19N3O3/c23-13-15-5-4-8-17(11-15)21(27)24-10-9-22-19(24)12-20(26)25(22)14-18(28-22)16-6-2-1-3-7-16/h1-8,11,18-19H,9-10,12,14H2/t18-,19-,22+/m1/s1. The van der Waals surface area contributed by atoms with E-state index in [2.05, 4.69) is 6.07 Å². The molecule has 1 spiro atoms. The highest BCUT2D eigenvalue weighted by molar-refractivity contribution is 5.96. The van der Waals surface area contributed by atoms with E-state index in [-0.39, 0.29) is 30.4 Å². The van der Waals surface area contributed by atoms with Crippen LogP contribution >= 0.6 is 0 Å². The first-order chi connectivity index (χ1) is 13.6. The van der Waals surface area contributed by atoms with Crippen LogP contribution in [0.5, 0.6) is 0 Å². The maximum Gasteiger partial charge on any atom is 0.254 e. The van der Waals surface area contributed by atoms with Crippen molar-refractivity contribution in [2.24, 2.45) is 0 Å². The Morgan fingerprint density at radius 1 is 1.18 bits per heavy atom. The minimum atomic E-state index is -0.736. The summed E-state index contributed by atoms with van der Waals surface area (Å²) >= 11 is 0. The lowest BCUT2D eigenvalue weighted by Crippen LogP contribution is -2.48. The van der Waals surface area contributed by atoms with Crippen molar-refractivity contribution in [3.63, 3.8) is 0 Å². The molecular formula is C22H19N3O3. The zero-order valence-electron chi connectivity index (χ0n) is 15.2. The van der Waals surface area contributed by atoms with Gasteiger partial charge in [0.15, 0.2) is 5.72 Å². The highest BCUT2D eigenvalue weighted by atomic mass is 16.5. The summed E-state index contributed by atoms with van der Waals surface area (Å²) in [5, 5.41) is 9.11. The van der Waals surface area contributed by atoms with Crippen LogP contribution in [0.25, 0.3) is 0 Å². The maximum atomic E-state index is 13.1. The van der Waals surface area contributed by atoms with Gasteiger partial charge in [-0.1, -0.05) is 36.4 Å². The number of carbonyl (C=O) groups is 2. The van der Waals surface area contributed by atoms with E-state index in [1.54, 1.807) is 29.2 Å². The van der Waals surface area contributed by atoms with Crippen molar-refractivity contribution in [2.75, 3.05) is 13.1 Å². The highest BCUT2D eigenvalue weighted by Gasteiger charge is 2.65. The fourth-order valence-corrected chi connectivity index (χ4v) is 4.80. The van der Waals surface area contributed by atoms with Crippen LogP contribution in [0.4, 0.5) is 0 Å². The van der Waals surface area contributed by atoms with Crippen LogP contribution in [-0.4, -0.2) is 46.5 Å². The number of nitrogens with zero attached hydrogens (tertiary/aromatic N) is 3. The van der Waals surface area contributed by atoms with E-state index < -0.39 is 5.72 Å². The highest BCUT2D eigenvalue weighted by Crippen LogP contribution is 2.50. The largest absolute Gasteiger partial charge is 0.343 e. The number of hydrogen-bond donors (Lipinski definition) is 0. The van der Waals surface area contributed by atoms with E-state index in [0.29, 0.717) is 30.6 Å². The summed E-state index contributed by atoms with van der Waals surface area (Å²) in [5.74, 6) is -0.118. The fourth-order valence-electron chi connectivity index (χ4n) is 4.80. The van der Waals surface area contributed by atoms with E-state index in [1.165, 1.54) is 0 Å². The third-order valence-electron chi connectivity index (χ3n) is 6.10. The molecule has 3 heterocycles. The normalized spacial score (nSPS) is 28.2. The van der Waals surface area contributed by atoms with Gasteiger partial charge >= 0.3 is 0 Å². The number of rotatable bonds is 2. The van der Waals surface area contributed by atoms with Gasteiger partial charge in [-0.2, -0.15) is 5.26 Å². The van der Waals surface area contributed by atoms with Crippen LogP contribution in [0.15, 0.2) is 54.6 Å². The Labute approximate surface area is 162 Å². The van der Waals surface area contributed by atoms with Crippen molar-refractivity contribution in [1.29, 1.82) is 5.26 Å². The van der Waals surface area contributed by atoms with Gasteiger partial charge in [0.25, 0.3) is 5.91 Å². The van der Waals surface area contributed by atoms with Crippen LogP contribution < -0.4 is 0 Å². The zero-order chi connectivity index (χ0) is 19.3. The molecule has 6 heteroatoms. The molecule has 3 atom stereocenters. The first-order valence-electron chi connectivity index (χ1n) is 9.47. The van der Waals surface area contributed by atoms with E-state index in [9.17, 15) is 9.59 Å². The van der Waals surface area contributed by atoms with Crippen LogP contribution in [0.3, 0.4) is 0 Å². The molecule has 2 aromatic rings. The molecule has 3 saturated heterocycles. The molecule has 2 aromatic carbocycles. The van der Waals surface area contributed by atoms with E-state index in [0.717, 1.165) is 5.56 Å². The quantitative estimate of drug-likeness (QED) is 0.811. The molecule has 0 saturated carbocycles. The average Bonchev–Trinajstić information content (AvgIpc) is 3.36. The van der Waals surface area contributed by atoms with Gasteiger partial charge in [-0.05, 0) is 23.8 Å². The Morgan fingerprint density at radius 3 is 2.79 bits per heavy atom. The van der Waals surface area contributed by atoms with Crippen LogP contribution in [0.2, 0.25) is 0 Å². The average molecular weight is 373 g/mol. The number of likely N-dealkylation sites (tertiary alicyclic amines) is 1. The van der Waals surface area contributed by atoms with Gasteiger partial charge in [-0.15, -0.1) is 0 Å². The van der Waals surface area contributed by atoms with Crippen molar-refractivity contribution in [2.45, 2.75) is 30.7 Å². The van der Waals surface area contributed by atoms with Gasteiger partial charge < -0.3 is 14.5 Å². The fraction of sp³-hybridized carbons (Fsp3) is 0.318. The van der Waals surface area contributed by atoms with E-state index >= 15 is 0 Å². The maximum absolute atomic E-state index is 13.1. The topological polar surface area (TPSA) is 73.6 Å². The van der Waals surface area contributed by atoms with Gasteiger partial charge in [-0.25, -0.2) is 0 Å². The monoisotopic (exact) mass is 373 g/mol. The molecule has 0 unspecified atom stereocenters. The van der Waals surface area contributed by atoms with Gasteiger partial charge in [0.2, 0.25) is 5.91 Å². The number of nitriles is 1. The minimum Gasteiger partial charge on any atom is -0.343 e. The lowest BCUT2D eigenvalue weighted by molar-refractivity contribution is -0.138. The molecular weight excluding hydrogens is 354 g/mol. The Bertz CT molecular complexity index is 1000. The van der Waals surface area contributed by atoms with E-state index in [1.807, 2.05) is 35.2 Å². The van der Waals surface area contributed by atoms with E-state index in [4.69, 9.17) is 10.00 Å². The molecule has 28 heavy (non-hydrogen) atoms. The Kier molecular flexibility index (Phi) is 3.74. The van der Waals surface area contributed by atoms with Crippen molar-refractivity contribution in [3.05, 3.63) is 71.3 Å². The molecule has 3 aliphatic heterocycles. The first-order valence-corrected chi connectivity index (χ1v) is 9.47. The summed E-state index contributed by atoms with van der Waals surface area (Å²) in [6.45, 7) is 1.05. The summed E-state index contributed by atoms with van der Waals surface area (Å²) in [7, 11) is 0. The summed E-state index contributed by atoms with van der Waals surface area (Å²) in [4.78, 5) is 29.4.